The van der Waals surface area contributed by atoms with Crippen molar-refractivity contribution in [2.45, 2.75) is 71.1 Å². The van der Waals surface area contributed by atoms with Crippen molar-refractivity contribution in [3.8, 4) is 33.9 Å². The lowest BCUT2D eigenvalue weighted by Crippen LogP contribution is -2.41. The Morgan fingerprint density at radius 1 is 0.650 bits per heavy atom. The summed E-state index contributed by atoms with van der Waals surface area (Å²) in [7, 11) is 0. The number of amides is 2. The molecule has 6 nitrogen and oxygen atoms in total. The highest BCUT2D eigenvalue weighted by atomic mass is 16.2. The quantitative estimate of drug-likeness (QED) is 0.112. The predicted molar refractivity (Wildman–Crippen MR) is 162 cm³/mol. The minimum Gasteiger partial charge on any atom is -0.337 e. The van der Waals surface area contributed by atoms with Crippen LogP contribution < -0.4 is 10.9 Å². The van der Waals surface area contributed by atoms with E-state index in [1.54, 1.807) is 12.1 Å². The third kappa shape index (κ3) is 8.40. The average Bonchev–Trinajstić information content (AvgIpc) is 3.46. The van der Waals surface area contributed by atoms with Crippen LogP contribution in [-0.2, 0) is 4.79 Å². The van der Waals surface area contributed by atoms with Gasteiger partial charge in [0.2, 0.25) is 5.91 Å². The maximum atomic E-state index is 12.6. The number of aromatic nitrogens is 2. The summed E-state index contributed by atoms with van der Waals surface area (Å²) in [5.41, 5.74) is 10.3. The van der Waals surface area contributed by atoms with E-state index in [4.69, 9.17) is 4.98 Å². The minimum atomic E-state index is -0.346. The number of imidazole rings is 1. The second-order valence-electron chi connectivity index (χ2n) is 10.2. The number of hydrogen-bond acceptors (Lipinski definition) is 3. The second-order valence-corrected chi connectivity index (χ2v) is 10.2. The standard InChI is InChI=1S/C34H40N4O2/c1-2-3-4-5-6-7-8-9-16-21-30(39)37-38-34(40)29-24-22-28(23-25-29)33-35-31(26-17-12-10-13-18-26)32(36-33)27-19-14-11-15-20-27/h10-15,17-20,22-25H,2-9,16,21H2,1H3,(H,35,36)(H,37,39)(H,38,40). The Labute approximate surface area is 237 Å². The Bertz CT molecular complexity index is 1270. The largest absolute Gasteiger partial charge is 0.337 e. The van der Waals surface area contributed by atoms with Crippen molar-refractivity contribution in [3.63, 3.8) is 0 Å². The maximum Gasteiger partial charge on any atom is 0.269 e. The van der Waals surface area contributed by atoms with Crippen LogP contribution in [-0.4, -0.2) is 21.8 Å². The Balaban J connectivity index is 1.29. The van der Waals surface area contributed by atoms with Gasteiger partial charge in [0.1, 0.15) is 5.82 Å². The van der Waals surface area contributed by atoms with Crippen LogP contribution in [0.2, 0.25) is 0 Å². The number of benzene rings is 3. The van der Waals surface area contributed by atoms with Gasteiger partial charge in [0, 0.05) is 28.7 Å². The topological polar surface area (TPSA) is 86.9 Å². The fraction of sp³-hybridized carbons (Fsp3) is 0.324. The average molecular weight is 537 g/mol. The molecule has 0 aliphatic rings. The zero-order chi connectivity index (χ0) is 28.0. The van der Waals surface area contributed by atoms with Crippen LogP contribution in [0.25, 0.3) is 33.9 Å². The molecule has 0 unspecified atom stereocenters. The van der Waals surface area contributed by atoms with Crippen LogP contribution in [0.4, 0.5) is 0 Å². The monoisotopic (exact) mass is 536 g/mol. The van der Waals surface area contributed by atoms with Gasteiger partial charge in [0.25, 0.3) is 5.91 Å². The number of H-pyrrole nitrogens is 1. The molecule has 208 valence electrons. The number of carbonyl (C=O) groups excluding carboxylic acids is 2. The Kier molecular flexibility index (Phi) is 11.1. The highest BCUT2D eigenvalue weighted by molar-refractivity contribution is 5.95. The smallest absolute Gasteiger partial charge is 0.269 e. The third-order valence-corrected chi connectivity index (χ3v) is 7.06. The van der Waals surface area contributed by atoms with Gasteiger partial charge in [-0.25, -0.2) is 4.98 Å². The van der Waals surface area contributed by atoms with Crippen LogP contribution in [0.1, 0.15) is 81.5 Å². The van der Waals surface area contributed by atoms with E-state index in [-0.39, 0.29) is 11.8 Å². The molecule has 0 saturated heterocycles. The number of nitrogens with zero attached hydrogens (tertiary/aromatic N) is 1. The summed E-state index contributed by atoms with van der Waals surface area (Å²) in [6.45, 7) is 2.23. The van der Waals surface area contributed by atoms with E-state index < -0.39 is 0 Å². The molecule has 0 bridgehead atoms. The summed E-state index contributed by atoms with van der Waals surface area (Å²) in [6.07, 6.45) is 11.2. The van der Waals surface area contributed by atoms with Gasteiger partial charge in [-0.05, 0) is 18.6 Å². The van der Waals surface area contributed by atoms with Crippen LogP contribution in [0.3, 0.4) is 0 Å². The SMILES string of the molecule is CCCCCCCCCCCC(=O)NNC(=O)c1ccc(-c2nc(-c3ccccc3)c(-c3ccccc3)[nH]2)cc1. The molecular weight excluding hydrogens is 496 g/mol. The van der Waals surface area contributed by atoms with Crippen molar-refractivity contribution < 1.29 is 9.59 Å². The summed E-state index contributed by atoms with van der Waals surface area (Å²) in [5, 5.41) is 0. The summed E-state index contributed by atoms with van der Waals surface area (Å²) in [6, 6.07) is 27.4. The molecule has 3 N–H and O–H groups in total. The molecule has 1 heterocycles. The first-order chi connectivity index (χ1) is 19.7. The molecule has 4 rings (SSSR count). The molecule has 40 heavy (non-hydrogen) atoms. The Morgan fingerprint density at radius 3 is 1.85 bits per heavy atom. The molecule has 2 amide bonds. The second kappa shape index (κ2) is 15.4. The molecule has 0 saturated carbocycles. The van der Waals surface area contributed by atoms with E-state index in [0.717, 1.165) is 53.2 Å². The van der Waals surface area contributed by atoms with Gasteiger partial charge in [-0.15, -0.1) is 0 Å². The minimum absolute atomic E-state index is 0.162. The molecule has 1 aromatic heterocycles. The van der Waals surface area contributed by atoms with Gasteiger partial charge in [-0.1, -0.05) is 131 Å². The van der Waals surface area contributed by atoms with Crippen LogP contribution in [0, 0.1) is 0 Å². The number of unbranched alkanes of at least 4 members (excludes halogenated alkanes) is 8. The number of nitrogens with one attached hydrogen (secondary N) is 3. The molecule has 6 heteroatoms. The lowest BCUT2D eigenvalue weighted by atomic mass is 10.1. The van der Waals surface area contributed by atoms with Crippen molar-refractivity contribution in [2.75, 3.05) is 0 Å². The molecule has 0 atom stereocenters. The highest BCUT2D eigenvalue weighted by Gasteiger charge is 2.16. The fourth-order valence-corrected chi connectivity index (χ4v) is 4.77. The van der Waals surface area contributed by atoms with Gasteiger partial charge < -0.3 is 4.98 Å². The third-order valence-electron chi connectivity index (χ3n) is 7.06. The summed E-state index contributed by atoms with van der Waals surface area (Å²) >= 11 is 0. The van der Waals surface area contributed by atoms with Crippen molar-refractivity contribution in [2.24, 2.45) is 0 Å². The molecule has 0 aliphatic heterocycles. The lowest BCUT2D eigenvalue weighted by molar-refractivity contribution is -0.122. The summed E-state index contributed by atoms with van der Waals surface area (Å²) in [4.78, 5) is 33.1. The van der Waals surface area contributed by atoms with E-state index in [9.17, 15) is 9.59 Å². The van der Waals surface area contributed by atoms with Crippen molar-refractivity contribution in [1.82, 2.24) is 20.8 Å². The summed E-state index contributed by atoms with van der Waals surface area (Å²) < 4.78 is 0. The lowest BCUT2D eigenvalue weighted by Gasteiger charge is -2.08. The first-order valence-electron chi connectivity index (χ1n) is 14.6. The predicted octanol–water partition coefficient (Wildman–Crippen LogP) is 8.09. The van der Waals surface area contributed by atoms with Crippen LogP contribution in [0.5, 0.6) is 0 Å². The first kappa shape index (κ1) is 28.8. The Hall–Kier alpha value is -4.19. The molecule has 4 aromatic rings. The molecule has 3 aromatic carbocycles. The van der Waals surface area contributed by atoms with Gasteiger partial charge in [0.15, 0.2) is 0 Å². The highest BCUT2D eigenvalue weighted by Crippen LogP contribution is 2.32. The van der Waals surface area contributed by atoms with Crippen LogP contribution >= 0.6 is 0 Å². The van der Waals surface area contributed by atoms with Crippen molar-refractivity contribution in [1.29, 1.82) is 0 Å². The van der Waals surface area contributed by atoms with Gasteiger partial charge in [-0.3, -0.25) is 20.4 Å². The number of rotatable bonds is 14. The molecule has 0 fully saturated rings. The van der Waals surface area contributed by atoms with Gasteiger partial charge in [-0.2, -0.15) is 0 Å². The molecule has 0 aliphatic carbocycles. The van der Waals surface area contributed by atoms with Crippen LogP contribution in [0.15, 0.2) is 84.9 Å². The summed E-state index contributed by atoms with van der Waals surface area (Å²) in [5.74, 6) is 0.214. The molecule has 0 spiro atoms. The molecule has 0 radical (unpaired) electrons. The van der Waals surface area contributed by atoms with E-state index >= 15 is 0 Å². The fourth-order valence-electron chi connectivity index (χ4n) is 4.77. The van der Waals surface area contributed by atoms with E-state index in [0.29, 0.717) is 12.0 Å². The van der Waals surface area contributed by atoms with Gasteiger partial charge in [0.05, 0.1) is 11.4 Å². The van der Waals surface area contributed by atoms with E-state index in [1.807, 2.05) is 60.7 Å². The van der Waals surface area contributed by atoms with Gasteiger partial charge >= 0.3 is 0 Å². The number of hydrazine groups is 1. The zero-order valence-corrected chi connectivity index (χ0v) is 23.4. The van der Waals surface area contributed by atoms with Crippen molar-refractivity contribution >= 4 is 11.8 Å². The normalized spacial score (nSPS) is 10.8. The maximum absolute atomic E-state index is 12.6. The van der Waals surface area contributed by atoms with E-state index in [1.165, 1.54) is 38.5 Å². The number of carbonyl (C=O) groups is 2. The first-order valence-corrected chi connectivity index (χ1v) is 14.6. The zero-order valence-electron chi connectivity index (χ0n) is 23.4. The Morgan fingerprint density at radius 2 is 1.23 bits per heavy atom. The number of hydrogen-bond donors (Lipinski definition) is 3. The van der Waals surface area contributed by atoms with E-state index in [2.05, 4.69) is 34.9 Å². The van der Waals surface area contributed by atoms with Crippen molar-refractivity contribution in [3.05, 3.63) is 90.5 Å². The molecular formula is C34H40N4O2. The number of aromatic amines is 1.